The second kappa shape index (κ2) is 10.5. The number of aliphatic hydroxyl groups is 1. The molecule has 0 radical (unpaired) electrons. The number of benzene rings is 1. The maximum atomic E-state index is 12.7. The number of pyridine rings is 1. The summed E-state index contributed by atoms with van der Waals surface area (Å²) in [6, 6.07) is 10.9. The van der Waals surface area contributed by atoms with E-state index in [1.165, 1.54) is 11.8 Å². The highest BCUT2D eigenvalue weighted by molar-refractivity contribution is 5.98. The van der Waals surface area contributed by atoms with Gasteiger partial charge in [-0.05, 0) is 36.1 Å². The first-order chi connectivity index (χ1) is 15.6. The van der Waals surface area contributed by atoms with Gasteiger partial charge in [0.05, 0.1) is 13.2 Å². The van der Waals surface area contributed by atoms with Crippen LogP contribution < -0.4 is 15.4 Å². The number of hydrogen-bond acceptors (Lipinski definition) is 7. The molecule has 9 heteroatoms. The average Bonchev–Trinajstić information content (AvgIpc) is 2.81. The Balaban J connectivity index is 1.33. The van der Waals surface area contributed by atoms with Crippen LogP contribution in [0.1, 0.15) is 34.5 Å². The second-order valence-electron chi connectivity index (χ2n) is 7.97. The Morgan fingerprint density at radius 2 is 1.94 bits per heavy atom. The second-order valence-corrected chi connectivity index (χ2v) is 7.97. The molecule has 170 valence electrons. The summed E-state index contributed by atoms with van der Waals surface area (Å²) in [7, 11) is 0. The van der Waals surface area contributed by atoms with Crippen LogP contribution in [0.3, 0.4) is 0 Å². The number of amides is 2. The SMILES string of the molecule is O=C(NC1CCC(O)NC1=O)c1ncccc1OCc1ccc(CN2CCOCC2)cc1. The summed E-state index contributed by atoms with van der Waals surface area (Å²) in [5, 5.41) is 14.6. The topological polar surface area (TPSA) is 113 Å². The van der Waals surface area contributed by atoms with Crippen LogP contribution >= 0.6 is 0 Å². The number of piperidine rings is 1. The summed E-state index contributed by atoms with van der Waals surface area (Å²) in [4.78, 5) is 31.2. The molecule has 0 aliphatic carbocycles. The third-order valence-corrected chi connectivity index (χ3v) is 5.57. The van der Waals surface area contributed by atoms with E-state index >= 15 is 0 Å². The largest absolute Gasteiger partial charge is 0.486 e. The minimum Gasteiger partial charge on any atom is -0.486 e. The molecular formula is C23H28N4O5. The van der Waals surface area contributed by atoms with Gasteiger partial charge in [-0.3, -0.25) is 14.5 Å². The first-order valence-electron chi connectivity index (χ1n) is 10.8. The molecule has 2 fully saturated rings. The summed E-state index contributed by atoms with van der Waals surface area (Å²) in [6.07, 6.45) is 1.37. The van der Waals surface area contributed by atoms with Crippen molar-refractivity contribution in [1.82, 2.24) is 20.5 Å². The van der Waals surface area contributed by atoms with Gasteiger partial charge in [-0.15, -0.1) is 0 Å². The van der Waals surface area contributed by atoms with Crippen molar-refractivity contribution in [2.75, 3.05) is 26.3 Å². The molecule has 2 aromatic rings. The minimum atomic E-state index is -0.871. The Morgan fingerprint density at radius 1 is 1.19 bits per heavy atom. The molecule has 3 heterocycles. The summed E-state index contributed by atoms with van der Waals surface area (Å²) in [5.74, 6) is -0.552. The fourth-order valence-electron chi connectivity index (χ4n) is 3.75. The number of carbonyl (C=O) groups is 2. The van der Waals surface area contributed by atoms with Crippen LogP contribution in [-0.4, -0.2) is 65.4 Å². The number of aliphatic hydroxyl groups excluding tert-OH is 1. The summed E-state index contributed by atoms with van der Waals surface area (Å²) >= 11 is 0. The van der Waals surface area contributed by atoms with Crippen molar-refractivity contribution in [2.24, 2.45) is 0 Å². The minimum absolute atomic E-state index is 0.121. The van der Waals surface area contributed by atoms with Crippen molar-refractivity contribution < 1.29 is 24.2 Å². The Labute approximate surface area is 186 Å². The third kappa shape index (κ3) is 5.82. The molecule has 4 rings (SSSR count). The number of ether oxygens (including phenoxy) is 2. The normalized spacial score (nSPS) is 21.6. The van der Waals surface area contributed by atoms with Crippen molar-refractivity contribution in [3.05, 3.63) is 59.4 Å². The van der Waals surface area contributed by atoms with Crippen LogP contribution in [0, 0.1) is 0 Å². The van der Waals surface area contributed by atoms with Gasteiger partial charge < -0.3 is 25.2 Å². The number of nitrogens with zero attached hydrogens (tertiary/aromatic N) is 2. The molecule has 2 aliphatic heterocycles. The Kier molecular flexibility index (Phi) is 7.31. The van der Waals surface area contributed by atoms with E-state index in [2.05, 4.69) is 32.7 Å². The standard InChI is InChI=1S/C23H28N4O5/c28-20-8-7-18(22(29)26-20)25-23(30)21-19(2-1-9-24-21)32-15-17-5-3-16(4-6-17)14-27-10-12-31-13-11-27/h1-6,9,18,20,28H,7-8,10-15H2,(H,25,30)(H,26,29). The van der Waals surface area contributed by atoms with Crippen molar-refractivity contribution in [1.29, 1.82) is 0 Å². The van der Waals surface area contributed by atoms with E-state index in [9.17, 15) is 14.7 Å². The van der Waals surface area contributed by atoms with E-state index in [1.54, 1.807) is 12.1 Å². The van der Waals surface area contributed by atoms with E-state index in [-0.39, 0.29) is 5.69 Å². The molecule has 3 N–H and O–H groups in total. The predicted octanol–water partition coefficient (Wildman–Crippen LogP) is 0.820. The lowest BCUT2D eigenvalue weighted by Gasteiger charge is -2.26. The number of hydrogen-bond donors (Lipinski definition) is 3. The van der Waals surface area contributed by atoms with Gasteiger partial charge in [-0.25, -0.2) is 4.98 Å². The van der Waals surface area contributed by atoms with Crippen LogP contribution in [0.25, 0.3) is 0 Å². The van der Waals surface area contributed by atoms with Crippen LogP contribution in [0.2, 0.25) is 0 Å². The zero-order chi connectivity index (χ0) is 22.3. The van der Waals surface area contributed by atoms with Gasteiger partial charge in [0.25, 0.3) is 5.91 Å². The average molecular weight is 441 g/mol. The Hall–Kier alpha value is -3.01. The molecule has 2 atom stereocenters. The fraction of sp³-hybridized carbons (Fsp3) is 0.435. The Bertz CT molecular complexity index is 930. The van der Waals surface area contributed by atoms with Crippen molar-refractivity contribution in [3.8, 4) is 5.75 Å². The van der Waals surface area contributed by atoms with Crippen molar-refractivity contribution in [2.45, 2.75) is 38.3 Å². The molecule has 2 unspecified atom stereocenters. The maximum Gasteiger partial charge on any atom is 0.274 e. The number of rotatable bonds is 7. The molecule has 9 nitrogen and oxygen atoms in total. The summed E-state index contributed by atoms with van der Waals surface area (Å²) in [5.41, 5.74) is 2.33. The lowest BCUT2D eigenvalue weighted by Crippen LogP contribution is -2.54. The number of nitrogens with one attached hydrogen (secondary N) is 2. The molecule has 0 saturated carbocycles. The van der Waals surface area contributed by atoms with Gasteiger partial charge in [-0.1, -0.05) is 24.3 Å². The molecule has 2 amide bonds. The zero-order valence-corrected chi connectivity index (χ0v) is 17.8. The van der Waals surface area contributed by atoms with Crippen molar-refractivity contribution >= 4 is 11.8 Å². The van der Waals surface area contributed by atoms with Gasteiger partial charge >= 0.3 is 0 Å². The van der Waals surface area contributed by atoms with Crippen LogP contribution in [-0.2, 0) is 22.7 Å². The highest BCUT2D eigenvalue weighted by atomic mass is 16.5. The van der Waals surface area contributed by atoms with E-state index in [4.69, 9.17) is 9.47 Å². The van der Waals surface area contributed by atoms with Gasteiger partial charge in [0.1, 0.15) is 18.9 Å². The monoisotopic (exact) mass is 440 g/mol. The summed E-state index contributed by atoms with van der Waals surface area (Å²) in [6.45, 7) is 4.63. The number of carbonyl (C=O) groups excluding carboxylic acids is 2. The van der Waals surface area contributed by atoms with E-state index in [1.807, 2.05) is 12.1 Å². The molecule has 0 bridgehead atoms. The third-order valence-electron chi connectivity index (χ3n) is 5.57. The first-order valence-corrected chi connectivity index (χ1v) is 10.8. The Morgan fingerprint density at radius 3 is 2.69 bits per heavy atom. The zero-order valence-electron chi connectivity index (χ0n) is 17.8. The van der Waals surface area contributed by atoms with Gasteiger partial charge in [0.15, 0.2) is 11.4 Å². The van der Waals surface area contributed by atoms with Gasteiger partial charge in [-0.2, -0.15) is 0 Å². The first kappa shape index (κ1) is 22.2. The van der Waals surface area contributed by atoms with Crippen LogP contribution in [0.15, 0.2) is 42.6 Å². The van der Waals surface area contributed by atoms with E-state index in [0.29, 0.717) is 25.2 Å². The van der Waals surface area contributed by atoms with Gasteiger partial charge in [0.2, 0.25) is 5.91 Å². The molecule has 0 spiro atoms. The molecule has 2 aliphatic rings. The fourth-order valence-corrected chi connectivity index (χ4v) is 3.75. The number of aromatic nitrogens is 1. The maximum absolute atomic E-state index is 12.7. The molecule has 2 saturated heterocycles. The molecule has 1 aromatic heterocycles. The quantitative estimate of drug-likeness (QED) is 0.584. The number of morpholine rings is 1. The lowest BCUT2D eigenvalue weighted by atomic mass is 10.1. The molecular weight excluding hydrogens is 412 g/mol. The lowest BCUT2D eigenvalue weighted by molar-refractivity contribution is -0.128. The van der Waals surface area contributed by atoms with E-state index in [0.717, 1.165) is 38.4 Å². The highest BCUT2D eigenvalue weighted by Gasteiger charge is 2.29. The smallest absolute Gasteiger partial charge is 0.274 e. The van der Waals surface area contributed by atoms with Crippen LogP contribution in [0.4, 0.5) is 0 Å². The predicted molar refractivity (Wildman–Crippen MR) is 116 cm³/mol. The van der Waals surface area contributed by atoms with Crippen LogP contribution in [0.5, 0.6) is 5.75 Å². The van der Waals surface area contributed by atoms with Crippen molar-refractivity contribution in [3.63, 3.8) is 0 Å². The van der Waals surface area contributed by atoms with E-state index < -0.39 is 24.1 Å². The molecule has 1 aromatic carbocycles. The summed E-state index contributed by atoms with van der Waals surface area (Å²) < 4.78 is 11.3. The molecule has 32 heavy (non-hydrogen) atoms. The highest BCUT2D eigenvalue weighted by Crippen LogP contribution is 2.19. The van der Waals surface area contributed by atoms with Gasteiger partial charge in [0, 0.05) is 25.8 Å².